The van der Waals surface area contributed by atoms with Gasteiger partial charge < -0.3 is 10.1 Å². The van der Waals surface area contributed by atoms with Gasteiger partial charge in [0.1, 0.15) is 0 Å². The molecule has 1 amide bonds. The first-order chi connectivity index (χ1) is 5.30. The van der Waals surface area contributed by atoms with Crippen molar-refractivity contribution in [3.05, 3.63) is 0 Å². The van der Waals surface area contributed by atoms with E-state index in [9.17, 15) is 13.2 Å². The number of carbonyl (C=O) groups excluding carboxylic acids is 1. The smallest absolute Gasteiger partial charge is 0.287 e. The average Bonchev–Trinajstić information content (AvgIpc) is 1.85. The summed E-state index contributed by atoms with van der Waals surface area (Å²) in [5.41, 5.74) is 0. The molecular weight excluding hydrogens is 184 g/mol. The normalized spacial score (nSPS) is 12.8. The molecule has 0 heterocycles. The Balaban J connectivity index is 5.00. The second-order valence-corrected chi connectivity index (χ2v) is 4.31. The molecule has 0 unspecified atom stereocenters. The lowest BCUT2D eigenvalue weighted by Gasteiger charge is -2.08. The fraction of sp³-hybridized carbons (Fsp3) is 0.600. The molecule has 0 atom stereocenters. The molecule has 70 valence electrons. The van der Waals surface area contributed by atoms with E-state index in [1.807, 2.05) is 0 Å². The van der Waals surface area contributed by atoms with Crippen molar-refractivity contribution in [3.63, 3.8) is 0 Å². The van der Waals surface area contributed by atoms with Crippen LogP contribution >= 0.6 is 0 Å². The van der Waals surface area contributed by atoms with Gasteiger partial charge in [0.15, 0.2) is 0 Å². The van der Waals surface area contributed by atoms with Crippen LogP contribution in [-0.4, -0.2) is 49.8 Å². The van der Waals surface area contributed by atoms with Gasteiger partial charge in [0.05, 0.1) is 0 Å². The van der Waals surface area contributed by atoms with Crippen LogP contribution in [0.5, 0.6) is 0 Å². The molecule has 1 N–H and O–H groups in total. The minimum Gasteiger partial charge on any atom is -0.410 e. The lowest BCUT2D eigenvalue weighted by molar-refractivity contribution is -0.121. The zero-order valence-electron chi connectivity index (χ0n) is 6.97. The maximum atomic E-state index is 11.0. The molecule has 0 aliphatic heterocycles. The highest BCUT2D eigenvalue weighted by Gasteiger charge is 2.24. The SMILES string of the molecule is CN(C)C(=O)C(=NO)S(C)(=O)=O. The molecule has 0 spiro atoms. The topological polar surface area (TPSA) is 87.0 Å². The van der Waals surface area contributed by atoms with Crippen molar-refractivity contribution in [3.8, 4) is 0 Å². The van der Waals surface area contributed by atoms with Crippen molar-refractivity contribution in [2.75, 3.05) is 20.4 Å². The van der Waals surface area contributed by atoms with Gasteiger partial charge in [0.2, 0.25) is 9.84 Å². The van der Waals surface area contributed by atoms with Crippen molar-refractivity contribution >= 4 is 20.8 Å². The Morgan fingerprint density at radius 3 is 1.92 bits per heavy atom. The number of rotatable bonds is 0. The largest absolute Gasteiger partial charge is 0.410 e. The van der Waals surface area contributed by atoms with Gasteiger partial charge in [0, 0.05) is 20.4 Å². The molecule has 0 aromatic rings. The van der Waals surface area contributed by atoms with Crippen LogP contribution in [0, 0.1) is 0 Å². The highest BCUT2D eigenvalue weighted by molar-refractivity contribution is 8.07. The van der Waals surface area contributed by atoms with Crippen LogP contribution in [0.2, 0.25) is 0 Å². The number of hydrogen-bond acceptors (Lipinski definition) is 5. The monoisotopic (exact) mass is 194 g/mol. The van der Waals surface area contributed by atoms with Crippen molar-refractivity contribution in [2.24, 2.45) is 5.16 Å². The molecule has 0 bridgehead atoms. The Bertz CT molecular complexity index is 303. The third kappa shape index (κ3) is 2.50. The predicted octanol–water partition coefficient (Wildman–Crippen LogP) is -1.09. The van der Waals surface area contributed by atoms with Gasteiger partial charge >= 0.3 is 0 Å². The molecule has 6 nitrogen and oxygen atoms in total. The second-order valence-electron chi connectivity index (χ2n) is 2.38. The molecule has 0 radical (unpaired) electrons. The van der Waals surface area contributed by atoms with Gasteiger partial charge in [-0.3, -0.25) is 4.79 Å². The number of carbonyl (C=O) groups is 1. The van der Waals surface area contributed by atoms with E-state index in [4.69, 9.17) is 5.21 Å². The number of hydrogen-bond donors (Lipinski definition) is 1. The fourth-order valence-electron chi connectivity index (χ4n) is 0.467. The van der Waals surface area contributed by atoms with Crippen molar-refractivity contribution in [2.45, 2.75) is 0 Å². The van der Waals surface area contributed by atoms with Gasteiger partial charge in [0.25, 0.3) is 11.0 Å². The zero-order valence-corrected chi connectivity index (χ0v) is 7.79. The van der Waals surface area contributed by atoms with Gasteiger partial charge in [-0.05, 0) is 0 Å². The first-order valence-corrected chi connectivity index (χ1v) is 4.83. The van der Waals surface area contributed by atoms with Crippen LogP contribution in [0.15, 0.2) is 5.16 Å². The van der Waals surface area contributed by atoms with Crippen LogP contribution in [0.25, 0.3) is 0 Å². The summed E-state index contributed by atoms with van der Waals surface area (Å²) in [6.45, 7) is 0. The van der Waals surface area contributed by atoms with Crippen molar-refractivity contribution < 1.29 is 18.4 Å². The Morgan fingerprint density at radius 2 is 1.83 bits per heavy atom. The van der Waals surface area contributed by atoms with Gasteiger partial charge in [-0.2, -0.15) is 0 Å². The fourth-order valence-corrected chi connectivity index (χ4v) is 1.11. The quantitative estimate of drug-likeness (QED) is 0.230. The molecule has 0 aliphatic rings. The summed E-state index contributed by atoms with van der Waals surface area (Å²) in [4.78, 5) is 12.0. The third-order valence-electron chi connectivity index (χ3n) is 1.03. The first kappa shape index (κ1) is 10.9. The average molecular weight is 194 g/mol. The zero-order chi connectivity index (χ0) is 9.94. The van der Waals surface area contributed by atoms with Crippen molar-refractivity contribution in [1.82, 2.24) is 4.90 Å². The third-order valence-corrected chi connectivity index (χ3v) is 1.99. The standard InChI is InChI=1S/C5H10N2O4S/c1-7(2)5(8)4(6-9)12(3,10)11/h9H,1-3H3. The van der Waals surface area contributed by atoms with Crippen LogP contribution in [0.1, 0.15) is 0 Å². The molecule has 12 heavy (non-hydrogen) atoms. The van der Waals surface area contributed by atoms with Crippen LogP contribution < -0.4 is 0 Å². The molecule has 0 aliphatic carbocycles. The van der Waals surface area contributed by atoms with Gasteiger partial charge in [-0.1, -0.05) is 5.16 Å². The maximum Gasteiger partial charge on any atom is 0.287 e. The Kier molecular flexibility index (Phi) is 3.20. The van der Waals surface area contributed by atoms with E-state index in [1.165, 1.54) is 14.1 Å². The van der Waals surface area contributed by atoms with Crippen LogP contribution in [0.4, 0.5) is 0 Å². The van der Waals surface area contributed by atoms with Gasteiger partial charge in [-0.25, -0.2) is 8.42 Å². The molecule has 0 fully saturated rings. The summed E-state index contributed by atoms with van der Waals surface area (Å²) in [6, 6.07) is 0. The highest BCUT2D eigenvalue weighted by Crippen LogP contribution is 1.93. The summed E-state index contributed by atoms with van der Waals surface area (Å²) in [5.74, 6) is -0.847. The number of oxime groups is 1. The van der Waals surface area contributed by atoms with E-state index in [0.717, 1.165) is 11.2 Å². The molecule has 0 saturated heterocycles. The Morgan fingerprint density at radius 1 is 1.42 bits per heavy atom. The van der Waals surface area contributed by atoms with E-state index in [2.05, 4.69) is 5.16 Å². The van der Waals surface area contributed by atoms with Gasteiger partial charge in [-0.15, -0.1) is 0 Å². The Labute approximate surface area is 70.4 Å². The maximum absolute atomic E-state index is 11.0. The predicted molar refractivity (Wildman–Crippen MR) is 42.8 cm³/mol. The minimum absolute atomic E-state index is 0.795. The molecule has 0 saturated carbocycles. The number of amides is 1. The lowest BCUT2D eigenvalue weighted by Crippen LogP contribution is -2.34. The van der Waals surface area contributed by atoms with E-state index < -0.39 is 20.8 Å². The number of sulfone groups is 1. The summed E-state index contributed by atoms with van der Waals surface area (Å²) < 4.78 is 21.5. The molecular formula is C5H10N2O4S. The van der Waals surface area contributed by atoms with Crippen molar-refractivity contribution in [1.29, 1.82) is 0 Å². The Hall–Kier alpha value is -1.11. The summed E-state index contributed by atoms with van der Waals surface area (Å²) in [7, 11) is -1.03. The summed E-state index contributed by atoms with van der Waals surface area (Å²) in [6.07, 6.45) is 0.795. The van der Waals surface area contributed by atoms with E-state index >= 15 is 0 Å². The van der Waals surface area contributed by atoms with Crippen LogP contribution in [0.3, 0.4) is 0 Å². The first-order valence-electron chi connectivity index (χ1n) is 2.94. The van der Waals surface area contributed by atoms with Crippen LogP contribution in [-0.2, 0) is 14.6 Å². The molecule has 0 rings (SSSR count). The lowest BCUT2D eigenvalue weighted by atomic mass is 10.6. The van der Waals surface area contributed by atoms with E-state index in [1.54, 1.807) is 0 Å². The summed E-state index contributed by atoms with van der Waals surface area (Å²) >= 11 is 0. The van der Waals surface area contributed by atoms with E-state index in [0.29, 0.717) is 0 Å². The minimum atomic E-state index is -3.75. The summed E-state index contributed by atoms with van der Waals surface area (Å²) in [5, 5.41) is 9.81. The number of nitrogens with zero attached hydrogens (tertiary/aromatic N) is 2. The van der Waals surface area contributed by atoms with E-state index in [-0.39, 0.29) is 0 Å². The molecule has 0 aromatic heterocycles. The second kappa shape index (κ2) is 3.53. The highest BCUT2D eigenvalue weighted by atomic mass is 32.2. The molecule has 7 heteroatoms. The molecule has 0 aromatic carbocycles.